The number of carboxylic acid groups (broad SMARTS) is 1. The van der Waals surface area contributed by atoms with Crippen molar-refractivity contribution in [3.63, 3.8) is 0 Å². The first-order chi connectivity index (χ1) is 38.1. The minimum absolute atomic E-state index is 0.0245. The Morgan fingerprint density at radius 3 is 1.64 bits per heavy atom. The predicted octanol–water partition coefficient (Wildman–Crippen LogP) is 2.55. The number of aromatic nitrogens is 5. The second-order valence-electron chi connectivity index (χ2n) is 18.7. The molecule has 2 aromatic carbocycles. The summed E-state index contributed by atoms with van der Waals surface area (Å²) in [5, 5.41) is 51.9. The van der Waals surface area contributed by atoms with Crippen molar-refractivity contribution in [1.29, 1.82) is 10.5 Å². The number of halogens is 4. The summed E-state index contributed by atoms with van der Waals surface area (Å²) in [5.74, 6) is -13.3. The van der Waals surface area contributed by atoms with E-state index < -0.39 is 122 Å². The third-order valence-electron chi connectivity index (χ3n) is 12.8. The quantitative estimate of drug-likeness (QED) is 0.0365. The van der Waals surface area contributed by atoms with Crippen LogP contribution < -0.4 is 31.9 Å². The number of pyridine rings is 2. The van der Waals surface area contributed by atoms with E-state index in [1.54, 1.807) is 30.5 Å². The zero-order valence-corrected chi connectivity index (χ0v) is 42.3. The van der Waals surface area contributed by atoms with Crippen LogP contribution in [0, 0.1) is 22.7 Å². The molecule has 0 bridgehead atoms. The summed E-state index contributed by atoms with van der Waals surface area (Å²) in [5.41, 5.74) is 1.31. The van der Waals surface area contributed by atoms with E-state index in [0.29, 0.717) is 35.4 Å². The molecule has 7 N–H and O–H groups in total. The number of hydrogen-bond acceptors (Lipinski definition) is 15. The van der Waals surface area contributed by atoms with E-state index in [-0.39, 0.29) is 77.6 Å². The van der Waals surface area contributed by atoms with E-state index >= 15 is 0 Å². The summed E-state index contributed by atoms with van der Waals surface area (Å²) in [4.78, 5) is 125. The number of nitriles is 2. The van der Waals surface area contributed by atoms with Gasteiger partial charge in [-0.25, -0.2) is 22.4 Å². The minimum atomic E-state index is -3.23. The van der Waals surface area contributed by atoms with Gasteiger partial charge in [0.15, 0.2) is 0 Å². The van der Waals surface area contributed by atoms with Crippen LogP contribution in [0.15, 0.2) is 67.1 Å². The number of unbranched alkanes of at least 4 members (excludes halogenated alkanes) is 1. The van der Waals surface area contributed by atoms with Crippen molar-refractivity contribution in [2.45, 2.75) is 101 Å². The number of amides is 8. The Morgan fingerprint density at radius 2 is 1.15 bits per heavy atom. The number of aliphatic carboxylic acids is 1. The van der Waals surface area contributed by atoms with Crippen LogP contribution in [-0.2, 0) is 46.7 Å². The molecule has 3 aromatic heterocycles. The molecule has 0 unspecified atom stereocenters. The van der Waals surface area contributed by atoms with Crippen LogP contribution in [0.25, 0.3) is 21.8 Å². The Balaban J connectivity index is 0.787. The minimum Gasteiger partial charge on any atom is -0.480 e. The number of likely N-dealkylation sites (tertiary alicyclic amines) is 2. The smallest absolute Gasteiger partial charge is 0.326 e. The number of hydrogen-bond donors (Lipinski definition) is 7. The molecular formula is C51H51F4N15O10. The number of fused-ring (bicyclic) bond motifs is 2. The van der Waals surface area contributed by atoms with E-state index in [1.807, 2.05) is 0 Å². The molecule has 0 radical (unpaired) electrons. The molecule has 5 aromatic rings. The molecule has 29 heteroatoms. The lowest BCUT2D eigenvalue weighted by atomic mass is 10.1. The Kier molecular flexibility index (Phi) is 18.6. The first-order valence-electron chi connectivity index (χ1n) is 24.9. The lowest BCUT2D eigenvalue weighted by Crippen LogP contribution is -2.43. The summed E-state index contributed by atoms with van der Waals surface area (Å²) in [6, 6.07) is 11.3. The zero-order chi connectivity index (χ0) is 57.7. The van der Waals surface area contributed by atoms with Gasteiger partial charge in [0.05, 0.1) is 84.6 Å². The van der Waals surface area contributed by atoms with Crippen LogP contribution >= 0.6 is 0 Å². The van der Waals surface area contributed by atoms with Gasteiger partial charge < -0.3 is 46.8 Å². The van der Waals surface area contributed by atoms with Gasteiger partial charge in [-0.3, -0.25) is 53.0 Å². The number of anilines is 2. The number of carboxylic acids is 1. The molecule has 2 aliphatic rings. The molecule has 3 atom stereocenters. The molecule has 7 rings (SSSR count). The van der Waals surface area contributed by atoms with E-state index in [1.165, 1.54) is 53.5 Å². The molecule has 80 heavy (non-hydrogen) atoms. The second-order valence-corrected chi connectivity index (χ2v) is 18.7. The molecule has 0 aliphatic carbocycles. The van der Waals surface area contributed by atoms with Crippen molar-refractivity contribution in [2.24, 2.45) is 0 Å². The van der Waals surface area contributed by atoms with Gasteiger partial charge in [-0.15, -0.1) is 5.10 Å². The first kappa shape index (κ1) is 58.0. The first-order valence-corrected chi connectivity index (χ1v) is 24.9. The lowest BCUT2D eigenvalue weighted by molar-refractivity contribution is -0.142. The standard InChI is InChI=1S/C51H51F4N15O10/c52-50(53)19-30(21-56)69(27-50)43(75)24-61-47(77)34-14-16-58-45-32(34)5-3-8-36(45)63-40(72)11-10-39(71)60-23-29-26-68(67-66-29)18-2-1-7-38(49(79)80)65-42(74)13-12-41(73)64-37-9-4-6-33-35(15-17-59-46(33)37)48(78)62-25-44(76)70-28-51(54,55)20-31(70)22-57/h3-6,8-9,14-17,26,30-31,38H,1-2,7,10-13,18-20,23-25,27-28H2,(H,60,71)(H,61,77)(H,62,78)(H,63,72)(H,64,73)(H,65,74)(H,79,80)/t30-,31-,38-/m0/s1. The van der Waals surface area contributed by atoms with Crippen molar-refractivity contribution in [3.8, 4) is 12.1 Å². The highest BCUT2D eigenvalue weighted by Crippen LogP contribution is 2.33. The predicted molar refractivity (Wildman–Crippen MR) is 271 cm³/mol. The largest absolute Gasteiger partial charge is 0.480 e. The molecule has 2 aliphatic heterocycles. The fourth-order valence-electron chi connectivity index (χ4n) is 8.88. The van der Waals surface area contributed by atoms with Crippen LogP contribution in [0.1, 0.15) is 84.2 Å². The third-order valence-corrected chi connectivity index (χ3v) is 12.8. The van der Waals surface area contributed by atoms with Crippen molar-refractivity contribution in [2.75, 3.05) is 36.8 Å². The molecule has 5 heterocycles. The van der Waals surface area contributed by atoms with Crippen LogP contribution in [0.5, 0.6) is 0 Å². The van der Waals surface area contributed by atoms with Gasteiger partial charge >= 0.3 is 5.97 Å². The third kappa shape index (κ3) is 15.1. The van der Waals surface area contributed by atoms with Crippen molar-refractivity contribution in [3.05, 3.63) is 83.9 Å². The normalized spacial score (nSPS) is 16.4. The van der Waals surface area contributed by atoms with Gasteiger partial charge in [0, 0.05) is 68.2 Å². The summed E-state index contributed by atoms with van der Waals surface area (Å²) < 4.78 is 56.8. The van der Waals surface area contributed by atoms with E-state index in [4.69, 9.17) is 0 Å². The average molecular weight is 1110 g/mol. The lowest BCUT2D eigenvalue weighted by Gasteiger charge is -2.19. The summed E-state index contributed by atoms with van der Waals surface area (Å²) in [7, 11) is 0. The van der Waals surface area contributed by atoms with Crippen molar-refractivity contribution < 1.29 is 65.8 Å². The van der Waals surface area contributed by atoms with Gasteiger partial charge in [-0.2, -0.15) is 10.5 Å². The SMILES string of the molecule is N#C[C@@H]1CC(F)(F)CN1C(=O)CNC(=O)c1ccnc2c(NC(=O)CCC(=O)NCc3cn(CCCC[C@H](NC(=O)CCC(=O)Nc4cccc5c(C(=O)NCC(=O)N6CC(F)(F)C[C@H]6C#N)ccnc45)C(=O)O)nn3)cccc12. The van der Waals surface area contributed by atoms with Gasteiger partial charge in [0.1, 0.15) is 23.8 Å². The Hall–Kier alpha value is -9.67. The highest BCUT2D eigenvalue weighted by atomic mass is 19.3. The maximum absolute atomic E-state index is 13.8. The Bertz CT molecular complexity index is 3330. The fraction of sp³-hybridized carbons (Fsp3) is 0.392. The monoisotopic (exact) mass is 1110 g/mol. The van der Waals surface area contributed by atoms with Crippen molar-refractivity contribution in [1.82, 2.24) is 56.0 Å². The number of nitrogens with zero attached hydrogens (tertiary/aromatic N) is 9. The Morgan fingerprint density at radius 1 is 0.662 bits per heavy atom. The number of alkyl halides is 4. The molecule has 2 fully saturated rings. The molecule has 8 amide bonds. The maximum atomic E-state index is 13.8. The van der Waals surface area contributed by atoms with Crippen LogP contribution in [0.2, 0.25) is 0 Å². The van der Waals surface area contributed by atoms with Gasteiger partial charge in [-0.05, 0) is 43.5 Å². The van der Waals surface area contributed by atoms with Gasteiger partial charge in [0.2, 0.25) is 35.4 Å². The number of para-hydroxylation sites is 2. The van der Waals surface area contributed by atoms with Gasteiger partial charge in [0.25, 0.3) is 23.7 Å². The summed E-state index contributed by atoms with van der Waals surface area (Å²) in [6.07, 6.45) is 2.17. The van der Waals surface area contributed by atoms with Crippen LogP contribution in [0.4, 0.5) is 28.9 Å². The topological polar surface area (TPSA) is 357 Å². The molecule has 25 nitrogen and oxygen atoms in total. The van der Waals surface area contributed by atoms with E-state index in [9.17, 15) is 76.3 Å². The average Bonchev–Trinajstić information content (AvgIpc) is 4.14. The van der Waals surface area contributed by atoms with Crippen LogP contribution in [-0.4, -0.2) is 149 Å². The van der Waals surface area contributed by atoms with E-state index in [0.717, 1.165) is 4.90 Å². The number of rotatable bonds is 23. The number of nitrogens with one attached hydrogen (secondary N) is 6. The summed E-state index contributed by atoms with van der Waals surface area (Å²) >= 11 is 0. The fourth-order valence-corrected chi connectivity index (χ4v) is 8.88. The van der Waals surface area contributed by atoms with E-state index in [2.05, 4.69) is 52.2 Å². The van der Waals surface area contributed by atoms with Gasteiger partial charge in [-0.1, -0.05) is 29.5 Å². The highest BCUT2D eigenvalue weighted by Gasteiger charge is 2.48. The number of aryl methyl sites for hydroxylation is 1. The second kappa shape index (κ2) is 25.7. The number of carbonyl (C=O) groups is 9. The molecular weight excluding hydrogens is 1060 g/mol. The maximum Gasteiger partial charge on any atom is 0.326 e. The molecule has 0 spiro atoms. The molecule has 0 saturated carbocycles. The summed E-state index contributed by atoms with van der Waals surface area (Å²) in [6.45, 7) is -2.89. The highest BCUT2D eigenvalue weighted by molar-refractivity contribution is 6.12. The zero-order valence-electron chi connectivity index (χ0n) is 42.3. The Labute approximate surface area is 451 Å². The van der Waals surface area contributed by atoms with Crippen molar-refractivity contribution >= 4 is 86.4 Å². The molecule has 2 saturated heterocycles. The van der Waals surface area contributed by atoms with Crippen LogP contribution in [0.3, 0.4) is 0 Å². The molecule has 418 valence electrons. The number of benzene rings is 2. The number of carbonyl (C=O) groups excluding carboxylic acids is 8.